The molecule has 94 valence electrons. The van der Waals surface area contributed by atoms with E-state index in [-0.39, 0.29) is 11.8 Å². The molecule has 0 bridgehead atoms. The average molecular weight is 236 g/mol. The van der Waals surface area contributed by atoms with Crippen LogP contribution in [-0.2, 0) is 4.79 Å². The quantitative estimate of drug-likeness (QED) is 0.794. The number of anilines is 1. The second kappa shape index (κ2) is 6.91. The smallest absolute Gasteiger partial charge is 0.227 e. The van der Waals surface area contributed by atoms with Gasteiger partial charge in [0.2, 0.25) is 5.91 Å². The Balaban J connectivity index is 2.54. The molecule has 0 aromatic heterocycles. The zero-order valence-electron chi connectivity index (χ0n) is 10.4. The van der Waals surface area contributed by atoms with E-state index in [1.165, 1.54) is 0 Å². The summed E-state index contributed by atoms with van der Waals surface area (Å²) < 4.78 is 5.09. The van der Waals surface area contributed by atoms with Gasteiger partial charge in [-0.1, -0.05) is 13.0 Å². The Morgan fingerprint density at radius 2 is 2.29 bits per heavy atom. The Morgan fingerprint density at radius 3 is 2.94 bits per heavy atom. The predicted molar refractivity (Wildman–Crippen MR) is 69.1 cm³/mol. The lowest BCUT2D eigenvalue weighted by Crippen LogP contribution is -2.21. The van der Waals surface area contributed by atoms with E-state index in [2.05, 4.69) is 5.32 Å². The molecule has 1 unspecified atom stereocenters. The Morgan fingerprint density at radius 1 is 1.53 bits per heavy atom. The minimum Gasteiger partial charge on any atom is -0.497 e. The summed E-state index contributed by atoms with van der Waals surface area (Å²) in [7, 11) is 1.60. The van der Waals surface area contributed by atoms with E-state index in [0.717, 1.165) is 24.3 Å². The van der Waals surface area contributed by atoms with E-state index in [9.17, 15) is 4.79 Å². The van der Waals surface area contributed by atoms with Gasteiger partial charge in [-0.05, 0) is 31.5 Å². The van der Waals surface area contributed by atoms with Crippen molar-refractivity contribution in [2.75, 3.05) is 19.0 Å². The second-order valence-corrected chi connectivity index (χ2v) is 4.05. The summed E-state index contributed by atoms with van der Waals surface area (Å²) in [6, 6.07) is 7.33. The molecule has 1 aromatic carbocycles. The highest BCUT2D eigenvalue weighted by atomic mass is 16.5. The molecular weight excluding hydrogens is 216 g/mol. The normalized spacial score (nSPS) is 11.9. The summed E-state index contributed by atoms with van der Waals surface area (Å²) in [5.41, 5.74) is 6.18. The van der Waals surface area contributed by atoms with Gasteiger partial charge in [0.1, 0.15) is 5.75 Å². The van der Waals surface area contributed by atoms with E-state index in [1.54, 1.807) is 13.2 Å². The van der Waals surface area contributed by atoms with E-state index < -0.39 is 0 Å². The zero-order valence-corrected chi connectivity index (χ0v) is 10.4. The van der Waals surface area contributed by atoms with E-state index in [4.69, 9.17) is 10.5 Å². The van der Waals surface area contributed by atoms with Crippen molar-refractivity contribution in [3.8, 4) is 5.75 Å². The molecule has 1 amide bonds. The number of amides is 1. The minimum atomic E-state index is -0.0234. The fraction of sp³-hybridized carbons (Fsp3) is 0.462. The molecule has 0 spiro atoms. The van der Waals surface area contributed by atoms with Crippen molar-refractivity contribution in [3.63, 3.8) is 0 Å². The standard InChI is InChI=1S/C13H20N2O2/c1-10(5-4-8-14)13(16)15-11-6-3-7-12(9-11)17-2/h3,6-7,9-10H,4-5,8,14H2,1-2H3,(H,15,16). The number of nitrogens with one attached hydrogen (secondary N) is 1. The van der Waals surface area contributed by atoms with Crippen molar-refractivity contribution in [1.29, 1.82) is 0 Å². The van der Waals surface area contributed by atoms with Crippen LogP contribution in [0.4, 0.5) is 5.69 Å². The average Bonchev–Trinajstić information content (AvgIpc) is 2.36. The summed E-state index contributed by atoms with van der Waals surface area (Å²) in [4.78, 5) is 11.8. The van der Waals surface area contributed by atoms with Crippen molar-refractivity contribution in [2.24, 2.45) is 11.7 Å². The van der Waals surface area contributed by atoms with Gasteiger partial charge in [0.25, 0.3) is 0 Å². The van der Waals surface area contributed by atoms with Crippen LogP contribution in [0.1, 0.15) is 19.8 Å². The highest BCUT2D eigenvalue weighted by Crippen LogP contribution is 2.18. The van der Waals surface area contributed by atoms with Crippen LogP contribution in [0.2, 0.25) is 0 Å². The molecule has 0 fully saturated rings. The SMILES string of the molecule is COc1cccc(NC(=O)C(C)CCCN)c1. The first-order valence-electron chi connectivity index (χ1n) is 5.82. The molecular formula is C13H20N2O2. The molecule has 3 N–H and O–H groups in total. The van der Waals surface area contributed by atoms with E-state index in [0.29, 0.717) is 6.54 Å². The van der Waals surface area contributed by atoms with Gasteiger partial charge in [0.15, 0.2) is 0 Å². The highest BCUT2D eigenvalue weighted by molar-refractivity contribution is 5.92. The number of nitrogens with two attached hydrogens (primary N) is 1. The third-order valence-corrected chi connectivity index (χ3v) is 2.63. The number of ether oxygens (including phenoxy) is 1. The molecule has 0 aliphatic carbocycles. The largest absolute Gasteiger partial charge is 0.497 e. The second-order valence-electron chi connectivity index (χ2n) is 4.05. The Bertz CT molecular complexity index is 366. The van der Waals surface area contributed by atoms with Crippen LogP contribution in [-0.4, -0.2) is 19.6 Å². The van der Waals surface area contributed by atoms with Gasteiger partial charge in [-0.3, -0.25) is 4.79 Å². The van der Waals surface area contributed by atoms with Crippen LogP contribution in [0.25, 0.3) is 0 Å². The van der Waals surface area contributed by atoms with Crippen molar-refractivity contribution >= 4 is 11.6 Å². The molecule has 1 atom stereocenters. The number of carbonyl (C=O) groups excluding carboxylic acids is 1. The third kappa shape index (κ3) is 4.44. The molecule has 0 saturated heterocycles. The first-order valence-corrected chi connectivity index (χ1v) is 5.82. The van der Waals surface area contributed by atoms with Gasteiger partial charge in [0, 0.05) is 17.7 Å². The molecule has 1 aromatic rings. The molecule has 0 aliphatic rings. The summed E-state index contributed by atoms with van der Waals surface area (Å²) in [6.45, 7) is 2.53. The van der Waals surface area contributed by atoms with Gasteiger partial charge >= 0.3 is 0 Å². The molecule has 0 heterocycles. The summed E-state index contributed by atoms with van der Waals surface area (Å²) in [6.07, 6.45) is 1.68. The maximum absolute atomic E-state index is 11.8. The first kappa shape index (κ1) is 13.5. The predicted octanol–water partition coefficient (Wildman–Crippen LogP) is 2.01. The van der Waals surface area contributed by atoms with Crippen LogP contribution >= 0.6 is 0 Å². The molecule has 17 heavy (non-hydrogen) atoms. The highest BCUT2D eigenvalue weighted by Gasteiger charge is 2.12. The topological polar surface area (TPSA) is 64.3 Å². The van der Waals surface area contributed by atoms with Gasteiger partial charge < -0.3 is 15.8 Å². The van der Waals surface area contributed by atoms with E-state index >= 15 is 0 Å². The molecule has 1 rings (SSSR count). The Labute approximate surface area is 102 Å². The number of carbonyl (C=O) groups is 1. The van der Waals surface area contributed by atoms with Crippen LogP contribution in [0.3, 0.4) is 0 Å². The maximum Gasteiger partial charge on any atom is 0.227 e. The van der Waals surface area contributed by atoms with E-state index in [1.807, 2.05) is 25.1 Å². The monoisotopic (exact) mass is 236 g/mol. The Kier molecular flexibility index (Phi) is 5.49. The number of hydrogen-bond acceptors (Lipinski definition) is 3. The van der Waals surface area contributed by atoms with Crippen molar-refractivity contribution < 1.29 is 9.53 Å². The third-order valence-electron chi connectivity index (χ3n) is 2.63. The number of hydrogen-bond donors (Lipinski definition) is 2. The van der Waals surface area contributed by atoms with Crippen LogP contribution in [0, 0.1) is 5.92 Å². The summed E-state index contributed by atoms with van der Waals surface area (Å²) >= 11 is 0. The molecule has 0 aliphatic heterocycles. The van der Waals surface area contributed by atoms with Crippen molar-refractivity contribution in [1.82, 2.24) is 0 Å². The molecule has 0 saturated carbocycles. The fourth-order valence-electron chi connectivity index (χ4n) is 1.52. The van der Waals surface area contributed by atoms with Gasteiger partial charge in [-0.25, -0.2) is 0 Å². The lowest BCUT2D eigenvalue weighted by molar-refractivity contribution is -0.119. The number of benzene rings is 1. The molecule has 4 nitrogen and oxygen atoms in total. The number of methoxy groups -OCH3 is 1. The summed E-state index contributed by atoms with van der Waals surface area (Å²) in [5, 5.41) is 2.87. The maximum atomic E-state index is 11.8. The summed E-state index contributed by atoms with van der Waals surface area (Å²) in [5.74, 6) is 0.730. The van der Waals surface area contributed by atoms with Gasteiger partial charge in [0.05, 0.1) is 7.11 Å². The number of rotatable bonds is 6. The van der Waals surface area contributed by atoms with Crippen LogP contribution in [0.5, 0.6) is 5.75 Å². The first-order chi connectivity index (χ1) is 8.17. The Hall–Kier alpha value is -1.55. The lowest BCUT2D eigenvalue weighted by atomic mass is 10.0. The van der Waals surface area contributed by atoms with Gasteiger partial charge in [-0.15, -0.1) is 0 Å². The van der Waals surface area contributed by atoms with Gasteiger partial charge in [-0.2, -0.15) is 0 Å². The fourth-order valence-corrected chi connectivity index (χ4v) is 1.52. The molecule has 0 radical (unpaired) electrons. The lowest BCUT2D eigenvalue weighted by Gasteiger charge is -2.12. The van der Waals surface area contributed by atoms with Crippen LogP contribution in [0.15, 0.2) is 24.3 Å². The van der Waals surface area contributed by atoms with Crippen molar-refractivity contribution in [2.45, 2.75) is 19.8 Å². The van der Waals surface area contributed by atoms with Crippen LogP contribution < -0.4 is 15.8 Å². The zero-order chi connectivity index (χ0) is 12.7. The minimum absolute atomic E-state index is 0.0201. The molecule has 4 heteroatoms. The van der Waals surface area contributed by atoms with Crippen molar-refractivity contribution in [3.05, 3.63) is 24.3 Å².